The molecular weight excluding hydrogens is 448 g/mol. The highest BCUT2D eigenvalue weighted by molar-refractivity contribution is 5.77. The topological polar surface area (TPSA) is 52.6 Å². The minimum absolute atomic E-state index is 0.102. The molecule has 0 radical (unpaired) electrons. The van der Waals surface area contributed by atoms with Crippen molar-refractivity contribution < 1.29 is 19.1 Å². The number of hydrogen-bond acceptors (Lipinski definition) is 4. The summed E-state index contributed by atoms with van der Waals surface area (Å²) < 4.78 is 10.4. The fourth-order valence-corrected chi connectivity index (χ4v) is 4.03. The molecule has 0 N–H and O–H groups in total. The van der Waals surface area contributed by atoms with Crippen LogP contribution in [0, 0.1) is 0 Å². The van der Waals surface area contributed by atoms with Crippen LogP contribution in [0.15, 0.2) is 24.3 Å². The average Bonchev–Trinajstić information content (AvgIpc) is 2.88. The van der Waals surface area contributed by atoms with Gasteiger partial charge < -0.3 is 9.47 Å². The molecule has 0 bridgehead atoms. The predicted molar refractivity (Wildman–Crippen MR) is 153 cm³/mol. The summed E-state index contributed by atoms with van der Waals surface area (Å²) in [5.41, 5.74) is 0. The molecule has 0 amide bonds. The van der Waals surface area contributed by atoms with Gasteiger partial charge in [-0.25, -0.2) is 0 Å². The van der Waals surface area contributed by atoms with Crippen molar-refractivity contribution in [3.8, 4) is 0 Å². The highest BCUT2D eigenvalue weighted by atomic mass is 16.5. The molecule has 0 saturated carbocycles. The minimum atomic E-state index is -0.313. The van der Waals surface area contributed by atoms with Crippen LogP contribution in [0.5, 0.6) is 0 Å². The minimum Gasteiger partial charge on any atom is -0.466 e. The normalized spacial score (nSPS) is 11.5. The van der Waals surface area contributed by atoms with Crippen LogP contribution in [0.4, 0.5) is 0 Å². The Morgan fingerprint density at radius 1 is 0.444 bits per heavy atom. The van der Waals surface area contributed by atoms with E-state index in [1.54, 1.807) is 0 Å². The summed E-state index contributed by atoms with van der Waals surface area (Å²) in [6.07, 6.45) is 33.6. The van der Waals surface area contributed by atoms with E-state index in [2.05, 4.69) is 38.2 Å². The van der Waals surface area contributed by atoms with Crippen LogP contribution >= 0.6 is 0 Å². The third-order valence-electron chi connectivity index (χ3n) is 6.37. The number of esters is 2. The van der Waals surface area contributed by atoms with Crippen molar-refractivity contribution in [2.75, 3.05) is 13.2 Å². The fraction of sp³-hybridized carbons (Fsp3) is 0.812. The maximum atomic E-state index is 11.8. The quantitative estimate of drug-likeness (QED) is 0.0632. The lowest BCUT2D eigenvalue weighted by Gasteiger charge is -2.05. The summed E-state index contributed by atoms with van der Waals surface area (Å²) in [6.45, 7) is 5.34. The molecule has 4 heteroatoms. The van der Waals surface area contributed by atoms with Gasteiger partial charge in [-0.1, -0.05) is 115 Å². The largest absolute Gasteiger partial charge is 0.466 e. The molecule has 4 nitrogen and oxygen atoms in total. The second kappa shape index (κ2) is 29.6. The summed E-state index contributed by atoms with van der Waals surface area (Å²) in [5, 5.41) is 0. The Labute approximate surface area is 223 Å². The van der Waals surface area contributed by atoms with Crippen molar-refractivity contribution in [1.82, 2.24) is 0 Å². The number of ether oxygens (including phenoxy) is 2. The predicted octanol–water partition coefficient (Wildman–Crippen LogP) is 9.81. The maximum Gasteiger partial charge on any atom is 0.306 e. The Bertz CT molecular complexity index is 490. The van der Waals surface area contributed by atoms with Crippen molar-refractivity contribution in [2.24, 2.45) is 0 Å². The van der Waals surface area contributed by atoms with E-state index in [4.69, 9.17) is 9.47 Å². The molecule has 210 valence electrons. The molecule has 0 aromatic carbocycles. The Balaban J connectivity index is 3.40. The zero-order chi connectivity index (χ0) is 26.4. The summed E-state index contributed by atoms with van der Waals surface area (Å²) in [6, 6.07) is 0. The molecule has 0 unspecified atom stereocenters. The van der Waals surface area contributed by atoms with Gasteiger partial charge in [-0.2, -0.15) is 0 Å². The number of rotatable bonds is 27. The van der Waals surface area contributed by atoms with Crippen LogP contribution in [0.3, 0.4) is 0 Å². The fourth-order valence-electron chi connectivity index (χ4n) is 4.03. The van der Waals surface area contributed by atoms with E-state index < -0.39 is 0 Å². The highest BCUT2D eigenvalue weighted by Gasteiger charge is 2.08. The van der Waals surface area contributed by atoms with Gasteiger partial charge >= 0.3 is 11.9 Å². The van der Waals surface area contributed by atoms with E-state index >= 15 is 0 Å². The van der Waals surface area contributed by atoms with E-state index in [1.165, 1.54) is 89.9 Å². The van der Waals surface area contributed by atoms with Gasteiger partial charge in [0.05, 0.1) is 26.1 Å². The van der Waals surface area contributed by atoms with Crippen molar-refractivity contribution in [3.63, 3.8) is 0 Å². The van der Waals surface area contributed by atoms with Crippen molar-refractivity contribution >= 4 is 11.9 Å². The second-order valence-electron chi connectivity index (χ2n) is 9.99. The third kappa shape index (κ3) is 28.7. The van der Waals surface area contributed by atoms with Gasteiger partial charge in [-0.15, -0.1) is 0 Å². The highest BCUT2D eigenvalue weighted by Crippen LogP contribution is 2.10. The molecule has 0 aliphatic carbocycles. The first-order chi connectivity index (χ1) is 17.7. The lowest BCUT2D eigenvalue weighted by Crippen LogP contribution is -2.11. The zero-order valence-corrected chi connectivity index (χ0v) is 23.9. The number of carbonyl (C=O) groups is 2. The van der Waals surface area contributed by atoms with Crippen LogP contribution in [-0.2, 0) is 19.1 Å². The zero-order valence-electron chi connectivity index (χ0n) is 23.9. The molecule has 0 aromatic rings. The third-order valence-corrected chi connectivity index (χ3v) is 6.37. The molecule has 36 heavy (non-hydrogen) atoms. The van der Waals surface area contributed by atoms with Gasteiger partial charge in [0.1, 0.15) is 0 Å². The molecular formula is C32H58O4. The smallest absolute Gasteiger partial charge is 0.306 e. The molecule has 0 fully saturated rings. The Hall–Kier alpha value is -1.58. The van der Waals surface area contributed by atoms with Crippen LogP contribution in [0.2, 0.25) is 0 Å². The summed E-state index contributed by atoms with van der Waals surface area (Å²) in [5.74, 6) is -0.625. The Morgan fingerprint density at radius 3 is 1.11 bits per heavy atom. The monoisotopic (exact) mass is 506 g/mol. The van der Waals surface area contributed by atoms with Gasteiger partial charge in [0.25, 0.3) is 0 Å². The van der Waals surface area contributed by atoms with E-state index in [0.29, 0.717) is 13.2 Å². The summed E-state index contributed by atoms with van der Waals surface area (Å²) >= 11 is 0. The number of hydrogen-bond donors (Lipinski definition) is 0. The van der Waals surface area contributed by atoms with Crippen molar-refractivity contribution in [3.05, 3.63) is 24.3 Å². The SMILES string of the molecule is CCCCCCCCC/C=C/CCCOC(=O)CCC(=O)OCCC/C=C/CCCCCCCCC. The van der Waals surface area contributed by atoms with E-state index in [-0.39, 0.29) is 24.8 Å². The lowest BCUT2D eigenvalue weighted by atomic mass is 10.1. The van der Waals surface area contributed by atoms with Gasteiger partial charge in [0.15, 0.2) is 0 Å². The van der Waals surface area contributed by atoms with Crippen molar-refractivity contribution in [2.45, 2.75) is 155 Å². The number of unbranched alkanes of at least 4 members (excludes halogenated alkanes) is 16. The molecule has 0 saturated heterocycles. The first-order valence-electron chi connectivity index (χ1n) is 15.3. The van der Waals surface area contributed by atoms with Gasteiger partial charge in [0, 0.05) is 0 Å². The number of carbonyl (C=O) groups excluding carboxylic acids is 2. The van der Waals surface area contributed by atoms with Gasteiger partial charge in [-0.05, 0) is 51.4 Å². The summed E-state index contributed by atoms with van der Waals surface area (Å²) in [7, 11) is 0. The molecule has 0 aliphatic heterocycles. The molecule has 0 aromatic heterocycles. The molecule has 0 spiro atoms. The van der Waals surface area contributed by atoms with E-state index in [9.17, 15) is 9.59 Å². The molecule has 0 heterocycles. The first-order valence-corrected chi connectivity index (χ1v) is 15.3. The first kappa shape index (κ1) is 34.4. The van der Waals surface area contributed by atoms with Crippen molar-refractivity contribution in [1.29, 1.82) is 0 Å². The second-order valence-corrected chi connectivity index (χ2v) is 9.99. The van der Waals surface area contributed by atoms with E-state index in [1.807, 2.05) is 0 Å². The Morgan fingerprint density at radius 2 is 0.750 bits per heavy atom. The Kier molecular flexibility index (Phi) is 28.3. The average molecular weight is 507 g/mol. The van der Waals surface area contributed by atoms with Crippen LogP contribution in [0.1, 0.15) is 155 Å². The number of allylic oxidation sites excluding steroid dienone is 4. The summed E-state index contributed by atoms with van der Waals surface area (Å²) in [4.78, 5) is 23.6. The van der Waals surface area contributed by atoms with Gasteiger partial charge in [-0.3, -0.25) is 9.59 Å². The molecule has 0 rings (SSSR count). The maximum absolute atomic E-state index is 11.8. The van der Waals surface area contributed by atoms with Crippen LogP contribution in [0.25, 0.3) is 0 Å². The van der Waals surface area contributed by atoms with Crippen LogP contribution < -0.4 is 0 Å². The molecule has 0 aliphatic rings. The van der Waals surface area contributed by atoms with E-state index in [0.717, 1.165) is 38.5 Å². The lowest BCUT2D eigenvalue weighted by molar-refractivity contribution is -0.150. The van der Waals surface area contributed by atoms with Gasteiger partial charge in [0.2, 0.25) is 0 Å². The molecule has 0 atom stereocenters. The van der Waals surface area contributed by atoms with Crippen LogP contribution in [-0.4, -0.2) is 25.2 Å². The standard InChI is InChI=1S/C32H58O4/c1-3-5-7-9-11-13-15-17-19-21-23-25-29-35-31(33)27-28-32(34)36-30-26-24-22-20-18-16-14-12-10-8-6-4-2/h19-22H,3-18,23-30H2,1-2H3/b21-19+,22-20+.